The van der Waals surface area contributed by atoms with Crippen molar-refractivity contribution in [3.05, 3.63) is 78.1 Å². The van der Waals surface area contributed by atoms with Gasteiger partial charge in [-0.25, -0.2) is 4.68 Å². The first-order chi connectivity index (χ1) is 10.3. The summed E-state index contributed by atoms with van der Waals surface area (Å²) in [7, 11) is 0. The maximum Gasteiger partial charge on any atom is 0.115 e. The fourth-order valence-electron chi connectivity index (χ4n) is 2.13. The van der Waals surface area contributed by atoms with E-state index >= 15 is 0 Å². The van der Waals surface area contributed by atoms with Crippen LogP contribution in [0.25, 0.3) is 5.69 Å². The normalized spacial score (nSPS) is 10.7. The van der Waals surface area contributed by atoms with Crippen LogP contribution in [0.4, 0.5) is 0 Å². The smallest absolute Gasteiger partial charge is 0.115 e. The van der Waals surface area contributed by atoms with Gasteiger partial charge in [0.2, 0.25) is 0 Å². The van der Waals surface area contributed by atoms with E-state index in [-0.39, 0.29) is 0 Å². The second-order valence-corrected chi connectivity index (χ2v) is 4.86. The van der Waals surface area contributed by atoms with Crippen molar-refractivity contribution in [2.24, 2.45) is 0 Å². The fourth-order valence-corrected chi connectivity index (χ4v) is 2.13. The highest BCUT2D eigenvalue weighted by atomic mass is 16.3. The Morgan fingerprint density at radius 2 is 1.67 bits per heavy atom. The molecule has 1 aromatic heterocycles. The largest absolute Gasteiger partial charge is 0.508 e. The number of benzene rings is 2. The predicted molar refractivity (Wildman–Crippen MR) is 82.2 cm³/mol. The molecule has 0 aliphatic heterocycles. The lowest BCUT2D eigenvalue weighted by atomic mass is 10.2. The second kappa shape index (κ2) is 6.24. The zero-order valence-corrected chi connectivity index (χ0v) is 11.6. The van der Waals surface area contributed by atoms with Gasteiger partial charge < -0.3 is 10.4 Å². The van der Waals surface area contributed by atoms with Crippen molar-refractivity contribution >= 4 is 0 Å². The van der Waals surface area contributed by atoms with Crippen LogP contribution in [0.15, 0.2) is 66.9 Å². The minimum atomic E-state index is 0.292. The third-order valence-corrected chi connectivity index (χ3v) is 3.24. The third kappa shape index (κ3) is 3.49. The van der Waals surface area contributed by atoms with Gasteiger partial charge in [-0.3, -0.25) is 0 Å². The molecule has 0 saturated heterocycles. The van der Waals surface area contributed by atoms with E-state index in [4.69, 9.17) is 0 Å². The average molecular weight is 279 g/mol. The molecule has 4 heteroatoms. The summed E-state index contributed by atoms with van der Waals surface area (Å²) in [5.41, 5.74) is 3.19. The fraction of sp³-hybridized carbons (Fsp3) is 0.118. The quantitative estimate of drug-likeness (QED) is 0.755. The molecule has 2 N–H and O–H groups in total. The number of aromatic nitrogens is 2. The van der Waals surface area contributed by atoms with Crippen molar-refractivity contribution in [2.75, 3.05) is 0 Å². The molecular formula is C17H17N3O. The Kier molecular flexibility index (Phi) is 3.98. The van der Waals surface area contributed by atoms with Gasteiger partial charge in [-0.1, -0.05) is 30.3 Å². The topological polar surface area (TPSA) is 50.1 Å². The molecule has 0 aliphatic carbocycles. The van der Waals surface area contributed by atoms with E-state index in [2.05, 4.69) is 10.4 Å². The van der Waals surface area contributed by atoms with Crippen molar-refractivity contribution < 1.29 is 5.11 Å². The van der Waals surface area contributed by atoms with Crippen LogP contribution in [0.5, 0.6) is 5.75 Å². The monoisotopic (exact) mass is 279 g/mol. The second-order valence-electron chi connectivity index (χ2n) is 4.86. The van der Waals surface area contributed by atoms with Crippen molar-refractivity contribution in [1.82, 2.24) is 15.1 Å². The van der Waals surface area contributed by atoms with E-state index < -0.39 is 0 Å². The summed E-state index contributed by atoms with van der Waals surface area (Å²) in [5, 5.41) is 17.1. The lowest BCUT2D eigenvalue weighted by Crippen LogP contribution is -2.13. The van der Waals surface area contributed by atoms with Gasteiger partial charge in [-0.15, -0.1) is 0 Å². The molecule has 21 heavy (non-hydrogen) atoms. The highest BCUT2D eigenvalue weighted by molar-refractivity contribution is 5.30. The number of hydrogen-bond acceptors (Lipinski definition) is 3. The van der Waals surface area contributed by atoms with E-state index in [9.17, 15) is 5.11 Å². The molecule has 2 aromatic carbocycles. The lowest BCUT2D eigenvalue weighted by molar-refractivity contribution is 0.475. The molecule has 106 valence electrons. The summed E-state index contributed by atoms with van der Waals surface area (Å²) >= 11 is 0. The number of para-hydroxylation sites is 1. The van der Waals surface area contributed by atoms with Gasteiger partial charge in [0.1, 0.15) is 5.75 Å². The van der Waals surface area contributed by atoms with Gasteiger partial charge in [-0.2, -0.15) is 5.10 Å². The standard InChI is InChI=1S/C17H17N3O/c21-17-8-6-14(7-9-17)12-18-13-15-10-11-20(19-15)16-4-2-1-3-5-16/h1-11,18,21H,12-13H2. The van der Waals surface area contributed by atoms with Crippen molar-refractivity contribution in [3.8, 4) is 11.4 Å². The number of hydrogen-bond donors (Lipinski definition) is 2. The summed E-state index contributed by atoms with van der Waals surface area (Å²) in [4.78, 5) is 0. The minimum absolute atomic E-state index is 0.292. The van der Waals surface area contributed by atoms with E-state index in [1.165, 1.54) is 0 Å². The van der Waals surface area contributed by atoms with Crippen LogP contribution < -0.4 is 5.32 Å². The molecule has 0 atom stereocenters. The Morgan fingerprint density at radius 1 is 0.905 bits per heavy atom. The predicted octanol–water partition coefficient (Wildman–Crippen LogP) is 2.87. The first-order valence-electron chi connectivity index (χ1n) is 6.90. The van der Waals surface area contributed by atoms with Crippen LogP contribution in [0, 0.1) is 0 Å². The summed E-state index contributed by atoms with van der Waals surface area (Å²) in [6, 6.07) is 19.3. The Bertz CT molecular complexity index is 690. The van der Waals surface area contributed by atoms with Crippen LogP contribution in [0.3, 0.4) is 0 Å². The van der Waals surface area contributed by atoms with Gasteiger partial charge >= 0.3 is 0 Å². The molecule has 0 saturated carbocycles. The number of rotatable bonds is 5. The van der Waals surface area contributed by atoms with Gasteiger partial charge in [0.05, 0.1) is 11.4 Å². The number of phenols is 1. The lowest BCUT2D eigenvalue weighted by Gasteiger charge is -2.03. The van der Waals surface area contributed by atoms with Gasteiger partial charge in [-0.05, 0) is 35.9 Å². The van der Waals surface area contributed by atoms with E-state index in [0.29, 0.717) is 12.3 Å². The Balaban J connectivity index is 1.57. The molecule has 3 aromatic rings. The van der Waals surface area contributed by atoms with Gasteiger partial charge in [0.25, 0.3) is 0 Å². The molecular weight excluding hydrogens is 262 g/mol. The number of aromatic hydroxyl groups is 1. The summed E-state index contributed by atoms with van der Waals surface area (Å²) in [6.45, 7) is 1.46. The SMILES string of the molecule is Oc1ccc(CNCc2ccn(-c3ccccc3)n2)cc1. The Hall–Kier alpha value is -2.59. The van der Waals surface area contributed by atoms with Crippen LogP contribution >= 0.6 is 0 Å². The van der Waals surface area contributed by atoms with E-state index in [1.54, 1.807) is 12.1 Å². The molecule has 0 aliphatic rings. The zero-order valence-electron chi connectivity index (χ0n) is 11.6. The van der Waals surface area contributed by atoms with Crippen LogP contribution in [-0.2, 0) is 13.1 Å². The van der Waals surface area contributed by atoms with Crippen molar-refractivity contribution in [2.45, 2.75) is 13.1 Å². The summed E-state index contributed by atoms with van der Waals surface area (Å²) < 4.78 is 1.87. The van der Waals surface area contributed by atoms with Gasteiger partial charge in [0.15, 0.2) is 0 Å². The van der Waals surface area contributed by atoms with E-state index in [1.807, 2.05) is 59.4 Å². The number of nitrogens with zero attached hydrogens (tertiary/aromatic N) is 2. The zero-order chi connectivity index (χ0) is 14.5. The van der Waals surface area contributed by atoms with Crippen LogP contribution in [0.2, 0.25) is 0 Å². The minimum Gasteiger partial charge on any atom is -0.508 e. The van der Waals surface area contributed by atoms with Crippen LogP contribution in [-0.4, -0.2) is 14.9 Å². The molecule has 0 spiro atoms. The van der Waals surface area contributed by atoms with Crippen molar-refractivity contribution in [1.29, 1.82) is 0 Å². The maximum atomic E-state index is 9.24. The van der Waals surface area contributed by atoms with Crippen molar-refractivity contribution in [3.63, 3.8) is 0 Å². The molecule has 0 bridgehead atoms. The van der Waals surface area contributed by atoms with Gasteiger partial charge in [0, 0.05) is 19.3 Å². The summed E-state index contributed by atoms with van der Waals surface area (Å²) in [5.74, 6) is 0.292. The molecule has 0 amide bonds. The molecule has 1 heterocycles. The molecule has 4 nitrogen and oxygen atoms in total. The first kappa shape index (κ1) is 13.4. The number of nitrogens with one attached hydrogen (secondary N) is 1. The summed E-state index contributed by atoms with van der Waals surface area (Å²) in [6.07, 6.45) is 1.97. The maximum absolute atomic E-state index is 9.24. The third-order valence-electron chi connectivity index (χ3n) is 3.24. The first-order valence-corrected chi connectivity index (χ1v) is 6.90. The molecule has 0 unspecified atom stereocenters. The highest BCUT2D eigenvalue weighted by Crippen LogP contribution is 2.10. The van der Waals surface area contributed by atoms with E-state index in [0.717, 1.165) is 23.5 Å². The average Bonchev–Trinajstić information content (AvgIpc) is 2.99. The highest BCUT2D eigenvalue weighted by Gasteiger charge is 2.01. The molecule has 3 rings (SSSR count). The number of phenolic OH excluding ortho intramolecular Hbond substituents is 1. The molecule has 0 radical (unpaired) electrons. The molecule has 0 fully saturated rings. The Labute approximate surface area is 123 Å². The Morgan fingerprint density at radius 3 is 2.43 bits per heavy atom. The van der Waals surface area contributed by atoms with Crippen LogP contribution in [0.1, 0.15) is 11.3 Å².